The minimum absolute atomic E-state index is 0.301. The number of aliphatic carboxylic acids is 1. The minimum Gasteiger partial charge on any atom is -0.487 e. The molecule has 1 atom stereocenters. The summed E-state index contributed by atoms with van der Waals surface area (Å²) in [5.74, 6) is 0.110. The third-order valence-corrected chi connectivity index (χ3v) is 3.70. The van der Waals surface area contributed by atoms with Crippen LogP contribution < -0.4 is 9.47 Å². The Kier molecular flexibility index (Phi) is 4.79. The summed E-state index contributed by atoms with van der Waals surface area (Å²) in [6, 6.07) is 14.5. The molecule has 0 bridgehead atoms. The normalized spacial score (nSPS) is 11.9. The van der Waals surface area contributed by atoms with Crippen LogP contribution >= 0.6 is 0 Å². The Morgan fingerprint density at radius 3 is 2.28 bits per heavy atom. The van der Waals surface area contributed by atoms with Crippen molar-refractivity contribution in [2.75, 3.05) is 0 Å². The van der Waals surface area contributed by atoms with Crippen molar-refractivity contribution >= 4 is 17.0 Å². The molecule has 1 heterocycles. The quantitative estimate of drug-likeness (QED) is 0.742. The van der Waals surface area contributed by atoms with Crippen LogP contribution in [0.4, 0.5) is 0 Å². The summed E-state index contributed by atoms with van der Waals surface area (Å²) >= 11 is 0. The number of aromatic nitrogens is 2. The Labute approximate surface area is 145 Å². The molecule has 3 rings (SSSR count). The van der Waals surface area contributed by atoms with Gasteiger partial charge >= 0.3 is 5.97 Å². The standard InChI is InChI=1S/C19H18N2O4/c1-12-18(21-17-6-4-3-5-16(17)20-12)11-24-14-7-9-15(10-8-14)25-13(2)19(22)23/h3-10,13H,11H2,1-2H3,(H,22,23)/t13-/m1/s1. The fraction of sp³-hybridized carbons (Fsp3) is 0.211. The molecule has 0 fully saturated rings. The molecule has 25 heavy (non-hydrogen) atoms. The molecular formula is C19H18N2O4. The van der Waals surface area contributed by atoms with Crippen LogP contribution in [0.3, 0.4) is 0 Å². The molecule has 0 aliphatic heterocycles. The zero-order valence-corrected chi connectivity index (χ0v) is 14.0. The highest BCUT2D eigenvalue weighted by molar-refractivity contribution is 5.74. The molecule has 0 aliphatic rings. The first-order chi connectivity index (χ1) is 12.0. The summed E-state index contributed by atoms with van der Waals surface area (Å²) < 4.78 is 11.0. The lowest BCUT2D eigenvalue weighted by atomic mass is 10.2. The highest BCUT2D eigenvalue weighted by Gasteiger charge is 2.12. The van der Waals surface area contributed by atoms with Gasteiger partial charge in [-0.1, -0.05) is 12.1 Å². The number of para-hydroxylation sites is 2. The van der Waals surface area contributed by atoms with Gasteiger partial charge in [0.1, 0.15) is 18.1 Å². The van der Waals surface area contributed by atoms with Gasteiger partial charge in [0.25, 0.3) is 0 Å². The Hall–Kier alpha value is -3.15. The van der Waals surface area contributed by atoms with E-state index in [1.54, 1.807) is 24.3 Å². The molecule has 6 nitrogen and oxygen atoms in total. The Balaban J connectivity index is 1.67. The van der Waals surface area contributed by atoms with Gasteiger partial charge in [-0.2, -0.15) is 0 Å². The molecule has 2 aromatic carbocycles. The summed E-state index contributed by atoms with van der Waals surface area (Å²) in [7, 11) is 0. The third-order valence-electron chi connectivity index (χ3n) is 3.70. The molecule has 0 saturated carbocycles. The van der Waals surface area contributed by atoms with Crippen LogP contribution in [0.15, 0.2) is 48.5 Å². The monoisotopic (exact) mass is 338 g/mol. The highest BCUT2D eigenvalue weighted by Crippen LogP contribution is 2.20. The van der Waals surface area contributed by atoms with E-state index >= 15 is 0 Å². The summed E-state index contributed by atoms with van der Waals surface area (Å²) in [4.78, 5) is 19.9. The average Bonchev–Trinajstić information content (AvgIpc) is 2.61. The van der Waals surface area contributed by atoms with Gasteiger partial charge < -0.3 is 14.6 Å². The lowest BCUT2D eigenvalue weighted by Gasteiger charge is -2.12. The second-order valence-corrected chi connectivity index (χ2v) is 5.60. The molecule has 0 saturated heterocycles. The van der Waals surface area contributed by atoms with Crippen LogP contribution in [0.1, 0.15) is 18.3 Å². The molecule has 6 heteroatoms. The smallest absolute Gasteiger partial charge is 0.344 e. The van der Waals surface area contributed by atoms with E-state index in [-0.39, 0.29) is 0 Å². The van der Waals surface area contributed by atoms with Crippen molar-refractivity contribution in [3.63, 3.8) is 0 Å². The van der Waals surface area contributed by atoms with Crippen molar-refractivity contribution in [3.05, 3.63) is 59.9 Å². The van der Waals surface area contributed by atoms with E-state index in [9.17, 15) is 4.79 Å². The van der Waals surface area contributed by atoms with E-state index < -0.39 is 12.1 Å². The summed E-state index contributed by atoms with van der Waals surface area (Å²) in [6.45, 7) is 3.69. The molecule has 0 amide bonds. The zero-order valence-electron chi connectivity index (χ0n) is 14.0. The number of hydrogen-bond donors (Lipinski definition) is 1. The first-order valence-electron chi connectivity index (χ1n) is 7.87. The predicted molar refractivity (Wildman–Crippen MR) is 92.8 cm³/mol. The maximum Gasteiger partial charge on any atom is 0.344 e. The van der Waals surface area contributed by atoms with Gasteiger partial charge in [-0.25, -0.2) is 14.8 Å². The summed E-state index contributed by atoms with van der Waals surface area (Å²) in [5.41, 5.74) is 3.29. The van der Waals surface area contributed by atoms with Gasteiger partial charge in [0.15, 0.2) is 6.10 Å². The topological polar surface area (TPSA) is 81.5 Å². The van der Waals surface area contributed by atoms with Crippen molar-refractivity contribution in [1.82, 2.24) is 9.97 Å². The van der Waals surface area contributed by atoms with Gasteiger partial charge in [-0.3, -0.25) is 0 Å². The Morgan fingerprint density at radius 2 is 1.64 bits per heavy atom. The number of carbonyl (C=O) groups is 1. The Bertz CT molecular complexity index is 894. The number of benzene rings is 2. The van der Waals surface area contributed by atoms with E-state index in [2.05, 4.69) is 9.97 Å². The van der Waals surface area contributed by atoms with E-state index in [0.29, 0.717) is 18.1 Å². The highest BCUT2D eigenvalue weighted by atomic mass is 16.5. The largest absolute Gasteiger partial charge is 0.487 e. The number of hydrogen-bond acceptors (Lipinski definition) is 5. The van der Waals surface area contributed by atoms with Gasteiger partial charge in [-0.05, 0) is 50.2 Å². The number of aryl methyl sites for hydroxylation is 1. The molecule has 0 spiro atoms. The number of carboxylic acids is 1. The van der Waals surface area contributed by atoms with E-state index in [4.69, 9.17) is 14.6 Å². The molecule has 0 aliphatic carbocycles. The fourth-order valence-electron chi connectivity index (χ4n) is 2.28. The molecule has 128 valence electrons. The molecule has 1 N–H and O–H groups in total. The lowest BCUT2D eigenvalue weighted by molar-refractivity contribution is -0.144. The minimum atomic E-state index is -1.01. The summed E-state index contributed by atoms with van der Waals surface area (Å²) in [5, 5.41) is 8.85. The predicted octanol–water partition coefficient (Wildman–Crippen LogP) is 3.37. The zero-order chi connectivity index (χ0) is 17.8. The van der Waals surface area contributed by atoms with Gasteiger partial charge in [-0.15, -0.1) is 0 Å². The first-order valence-corrected chi connectivity index (χ1v) is 7.87. The van der Waals surface area contributed by atoms with E-state index in [1.807, 2.05) is 31.2 Å². The Morgan fingerprint density at radius 1 is 1.04 bits per heavy atom. The van der Waals surface area contributed by atoms with E-state index in [1.165, 1.54) is 6.92 Å². The number of ether oxygens (including phenoxy) is 2. The maximum atomic E-state index is 10.8. The van der Waals surface area contributed by atoms with Gasteiger partial charge in [0.2, 0.25) is 0 Å². The SMILES string of the molecule is Cc1nc2ccccc2nc1COc1ccc(O[C@H](C)C(=O)O)cc1. The molecule has 3 aromatic rings. The van der Waals surface area contributed by atoms with Crippen LogP contribution in [0.5, 0.6) is 11.5 Å². The summed E-state index contributed by atoms with van der Waals surface area (Å²) in [6.07, 6.45) is -0.901. The maximum absolute atomic E-state index is 10.8. The molecule has 0 radical (unpaired) electrons. The first kappa shape index (κ1) is 16.7. The van der Waals surface area contributed by atoms with Crippen molar-refractivity contribution in [3.8, 4) is 11.5 Å². The van der Waals surface area contributed by atoms with Crippen LogP contribution in [0.25, 0.3) is 11.0 Å². The molecule has 0 unspecified atom stereocenters. The van der Waals surface area contributed by atoms with Crippen molar-refractivity contribution < 1.29 is 19.4 Å². The van der Waals surface area contributed by atoms with Gasteiger partial charge in [0.05, 0.1) is 22.4 Å². The molecule has 1 aromatic heterocycles. The van der Waals surface area contributed by atoms with Gasteiger partial charge in [0, 0.05) is 0 Å². The van der Waals surface area contributed by atoms with Crippen LogP contribution in [-0.2, 0) is 11.4 Å². The fourth-order valence-corrected chi connectivity index (χ4v) is 2.28. The van der Waals surface area contributed by atoms with Crippen molar-refractivity contribution in [2.24, 2.45) is 0 Å². The average molecular weight is 338 g/mol. The number of carboxylic acid groups (broad SMARTS) is 1. The van der Waals surface area contributed by atoms with Crippen molar-refractivity contribution in [2.45, 2.75) is 26.6 Å². The number of nitrogens with zero attached hydrogens (tertiary/aromatic N) is 2. The number of rotatable bonds is 6. The number of fused-ring (bicyclic) bond motifs is 1. The van der Waals surface area contributed by atoms with Crippen LogP contribution in [0, 0.1) is 6.92 Å². The lowest BCUT2D eigenvalue weighted by Crippen LogP contribution is -2.22. The second kappa shape index (κ2) is 7.17. The van der Waals surface area contributed by atoms with Crippen LogP contribution in [-0.4, -0.2) is 27.1 Å². The van der Waals surface area contributed by atoms with E-state index in [0.717, 1.165) is 22.4 Å². The second-order valence-electron chi connectivity index (χ2n) is 5.60. The van der Waals surface area contributed by atoms with Crippen molar-refractivity contribution in [1.29, 1.82) is 0 Å². The third kappa shape index (κ3) is 4.03. The molecular weight excluding hydrogens is 320 g/mol. The van der Waals surface area contributed by atoms with Crippen LogP contribution in [0.2, 0.25) is 0 Å².